The van der Waals surface area contributed by atoms with Gasteiger partial charge in [0, 0.05) is 0 Å². The normalized spacial score (nSPS) is 49.0. The number of ether oxygens (including phenoxy) is 14. The number of rotatable bonds is 21. The quantitative estimate of drug-likeness (QED) is 0.0475. The molecule has 9 rings (SSSR count). The second-order valence-electron chi connectivity index (χ2n) is 19.1. The Kier molecular flexibility index (Phi) is 19.2. The number of fused-ring (bicyclic) bond motifs is 6. The van der Waals surface area contributed by atoms with Gasteiger partial charge >= 0.3 is 41.6 Å². The molecule has 0 spiro atoms. The lowest BCUT2D eigenvalue weighted by Gasteiger charge is -2.48. The highest BCUT2D eigenvalue weighted by Crippen LogP contribution is 2.43. The van der Waals surface area contributed by atoms with Crippen molar-refractivity contribution in [2.75, 3.05) is 39.6 Å². The lowest BCUT2D eigenvalue weighted by atomic mass is 9.96. The monoisotopic (exact) mass is 1260 g/mol. The molecule has 40 nitrogen and oxygen atoms in total. The Hall–Kier alpha value is -1.48. The molecule has 0 aromatic carbocycles. The molecule has 0 aromatic heterocycles. The molecule has 44 heteroatoms. The standard InChI is InChI=1S/C36H56O40S4/c37-1-7-21(73-77(47,48)49)26(14(41)31(46)62-7)70-33-16(43)25-19(11(66-33)5-60-25)68-34-18(45)28(23(9(3-39)63-34)75-79(53,54)55)72-36-30(76-80(56,57)58)29-20(12(67-36)6-61-29)69-35-17(44)27(22(8(2-38)64-35)74-78(50,51)52)71-32-15(42)24-13(40)10(65-32)4-59-24/h7-46H,1-6H2,(H,47,48,49)(H,50,51,52)(H,53,54,55)(H,56,57,58)/t7-,8+,9-,10+,11-,12+,13-,14?,15+,16-,17-,18+,19+,20+,21+,22-,23+,24+,25+,26+,27-,28+,29+,30+,31+,32+,33-,34-,35-,36-/m1/s1. The minimum atomic E-state index is -5.67. The summed E-state index contributed by atoms with van der Waals surface area (Å²) in [7, 11) is -22.1. The number of aliphatic hydroxyl groups excluding tert-OH is 10. The average molecular weight is 1260 g/mol. The van der Waals surface area contributed by atoms with Gasteiger partial charge in [-0.2, -0.15) is 33.7 Å². The predicted octanol–water partition coefficient (Wildman–Crippen LogP) is -11.7. The van der Waals surface area contributed by atoms with Crippen molar-refractivity contribution in [3.8, 4) is 0 Å². The molecule has 80 heavy (non-hydrogen) atoms. The zero-order chi connectivity index (χ0) is 58.3. The van der Waals surface area contributed by atoms with Crippen LogP contribution in [0.2, 0.25) is 0 Å². The van der Waals surface area contributed by atoms with Crippen LogP contribution < -0.4 is 0 Å². The maximum Gasteiger partial charge on any atom is 0.397 e. The van der Waals surface area contributed by atoms with Gasteiger partial charge in [0.25, 0.3) is 0 Å². The van der Waals surface area contributed by atoms with E-state index in [4.69, 9.17) is 74.7 Å². The molecule has 0 aromatic rings. The lowest BCUT2D eigenvalue weighted by molar-refractivity contribution is -0.377. The summed E-state index contributed by atoms with van der Waals surface area (Å²) in [6.45, 7) is -4.89. The highest BCUT2D eigenvalue weighted by molar-refractivity contribution is 7.81. The number of hydrogen-bond donors (Lipinski definition) is 14. The second kappa shape index (κ2) is 24.4. The van der Waals surface area contributed by atoms with E-state index in [-0.39, 0.29) is 6.61 Å². The van der Waals surface area contributed by atoms with Crippen molar-refractivity contribution in [1.29, 1.82) is 0 Å². The summed E-state index contributed by atoms with van der Waals surface area (Å²) in [4.78, 5) is 0. The van der Waals surface area contributed by atoms with E-state index in [9.17, 15) is 103 Å². The van der Waals surface area contributed by atoms with Crippen molar-refractivity contribution in [1.82, 2.24) is 0 Å². The number of aliphatic hydroxyl groups is 10. The van der Waals surface area contributed by atoms with Crippen LogP contribution in [0.15, 0.2) is 0 Å². The van der Waals surface area contributed by atoms with Gasteiger partial charge in [0.2, 0.25) is 0 Å². The first-order chi connectivity index (χ1) is 37.4. The SMILES string of the molecule is O=S(=O)(O)O[C@@H]1[C@@H](O[C@H]2[C@H](O)[C@@H](O[C@@H]3[C@H]4OC[C@H]3O[C@H](O[C@H]3C(O)[C@@H](O)O[C@H](CO)[C@@H]3OS(=O)(=O)O)[C@@H]4O)O[C@H](CO)[C@@H]2OS(=O)(=O)O)O[C@H]2CO[C@H]1[C@H]2O[C@H]1O[C@@H](CO)[C@@H](OS(=O)(=O)O)[C@H](O[C@@H]2O[C@H]3CO[C@H]([C@@H]2O)[C@@H]3O)[C@H]1O. The van der Waals surface area contributed by atoms with Gasteiger partial charge in [-0.15, -0.1) is 0 Å². The maximum absolute atomic E-state index is 12.5. The Labute approximate surface area is 450 Å². The summed E-state index contributed by atoms with van der Waals surface area (Å²) in [5.41, 5.74) is 0. The summed E-state index contributed by atoms with van der Waals surface area (Å²) in [5, 5.41) is 108. The Morgan fingerprint density at radius 2 is 0.650 bits per heavy atom. The molecule has 0 aliphatic carbocycles. The van der Waals surface area contributed by atoms with Gasteiger partial charge in [-0.25, -0.2) is 16.7 Å². The van der Waals surface area contributed by atoms with E-state index in [1.165, 1.54) is 0 Å². The summed E-state index contributed by atoms with van der Waals surface area (Å²) in [5.74, 6) is 0. The van der Waals surface area contributed by atoms with Crippen molar-refractivity contribution >= 4 is 41.6 Å². The molecule has 0 radical (unpaired) electrons. The van der Waals surface area contributed by atoms with E-state index in [1.54, 1.807) is 0 Å². The van der Waals surface area contributed by atoms with Crippen molar-refractivity contribution in [3.63, 3.8) is 0 Å². The van der Waals surface area contributed by atoms with Crippen LogP contribution in [0.5, 0.6) is 0 Å². The van der Waals surface area contributed by atoms with Crippen LogP contribution in [-0.4, -0.2) is 327 Å². The van der Waals surface area contributed by atoms with Crippen LogP contribution in [0.1, 0.15) is 0 Å². The molecular formula is C36H56O40S4. The molecule has 464 valence electrons. The number of hydrogen-bond acceptors (Lipinski definition) is 36. The van der Waals surface area contributed by atoms with E-state index in [0.29, 0.717) is 0 Å². The van der Waals surface area contributed by atoms with Crippen molar-refractivity contribution in [3.05, 3.63) is 0 Å². The fraction of sp³-hybridized carbons (Fsp3) is 1.00. The Morgan fingerprint density at radius 1 is 0.325 bits per heavy atom. The fourth-order valence-corrected chi connectivity index (χ4v) is 12.6. The first-order valence-electron chi connectivity index (χ1n) is 23.6. The predicted molar refractivity (Wildman–Crippen MR) is 231 cm³/mol. The van der Waals surface area contributed by atoms with Gasteiger partial charge in [0.1, 0.15) is 140 Å². The van der Waals surface area contributed by atoms with Gasteiger partial charge in [-0.05, 0) is 0 Å². The van der Waals surface area contributed by atoms with Crippen LogP contribution >= 0.6 is 0 Å². The molecule has 0 amide bonds. The first-order valence-corrected chi connectivity index (χ1v) is 29.1. The molecule has 0 saturated carbocycles. The zero-order valence-electron chi connectivity index (χ0n) is 40.1. The zero-order valence-corrected chi connectivity index (χ0v) is 43.3. The molecule has 9 aliphatic heterocycles. The van der Waals surface area contributed by atoms with E-state index in [2.05, 4.69) is 8.37 Å². The molecular weight excluding hydrogens is 1200 g/mol. The molecule has 9 saturated heterocycles. The topological polar surface area (TPSA) is 586 Å². The first kappa shape index (κ1) is 63.0. The minimum Gasteiger partial charge on any atom is -0.394 e. The average Bonchev–Trinajstić information content (AvgIpc) is 4.15. The van der Waals surface area contributed by atoms with E-state index >= 15 is 0 Å². The molecule has 9 heterocycles. The summed E-state index contributed by atoms with van der Waals surface area (Å²) in [6, 6.07) is 0. The molecule has 30 atom stereocenters. The van der Waals surface area contributed by atoms with Crippen LogP contribution in [0, 0.1) is 0 Å². The summed E-state index contributed by atoms with van der Waals surface area (Å²) >= 11 is 0. The second-order valence-corrected chi connectivity index (χ2v) is 23.3. The van der Waals surface area contributed by atoms with Crippen LogP contribution in [-0.2, 0) is 125 Å². The van der Waals surface area contributed by atoms with Crippen LogP contribution in [0.4, 0.5) is 0 Å². The Bertz CT molecular complexity index is 2580. The molecule has 1 unspecified atom stereocenters. The third kappa shape index (κ3) is 13.5. The Balaban J connectivity index is 0.939. The van der Waals surface area contributed by atoms with Gasteiger partial charge < -0.3 is 117 Å². The largest absolute Gasteiger partial charge is 0.397 e. The van der Waals surface area contributed by atoms with Crippen molar-refractivity contribution < 1.29 is 186 Å². The smallest absolute Gasteiger partial charge is 0.394 e. The van der Waals surface area contributed by atoms with Crippen molar-refractivity contribution in [2.45, 2.75) is 184 Å². The third-order valence-corrected chi connectivity index (χ3v) is 15.9. The lowest BCUT2D eigenvalue weighted by Crippen LogP contribution is -2.67. The van der Waals surface area contributed by atoms with Crippen LogP contribution in [0.25, 0.3) is 0 Å². The summed E-state index contributed by atoms with van der Waals surface area (Å²) < 4.78 is 233. The van der Waals surface area contributed by atoms with Gasteiger partial charge in [0.05, 0.1) is 39.6 Å². The van der Waals surface area contributed by atoms with Crippen LogP contribution in [0.3, 0.4) is 0 Å². The maximum atomic E-state index is 12.5. The molecule has 9 aliphatic rings. The fourth-order valence-electron chi connectivity index (χ4n) is 10.6. The summed E-state index contributed by atoms with van der Waals surface area (Å²) in [6.07, 6.45) is -58.3. The minimum absolute atomic E-state index is 0.248. The third-order valence-electron chi connectivity index (χ3n) is 14.0. The highest BCUT2D eigenvalue weighted by atomic mass is 32.3. The van der Waals surface area contributed by atoms with E-state index in [1.807, 2.05) is 0 Å². The van der Waals surface area contributed by atoms with E-state index in [0.717, 1.165) is 0 Å². The van der Waals surface area contributed by atoms with Gasteiger partial charge in [-0.1, -0.05) is 0 Å². The van der Waals surface area contributed by atoms with Gasteiger partial charge in [0.15, 0.2) is 43.8 Å². The van der Waals surface area contributed by atoms with E-state index < -0.39 is 259 Å². The van der Waals surface area contributed by atoms with Gasteiger partial charge in [-0.3, -0.25) is 18.2 Å². The van der Waals surface area contributed by atoms with Crippen molar-refractivity contribution in [2.24, 2.45) is 0 Å². The highest BCUT2D eigenvalue weighted by Gasteiger charge is 2.63. The molecule has 14 N–H and O–H groups in total. The molecule has 9 fully saturated rings. The molecule has 6 bridgehead atoms. The Morgan fingerprint density at radius 3 is 1.11 bits per heavy atom.